The molecule has 0 atom stereocenters. The Balaban J connectivity index is 2.00. The summed E-state index contributed by atoms with van der Waals surface area (Å²) in [5.41, 5.74) is 1.78. The Bertz CT molecular complexity index is 554. The SMILES string of the molecule is Cc1ccnc(NCc2ccc(C(=O)O)nc2)n1. The molecule has 0 amide bonds. The largest absolute Gasteiger partial charge is 0.477 e. The first kappa shape index (κ1) is 12.0. The molecular formula is C12H12N4O2. The molecule has 0 aliphatic carbocycles. The Morgan fingerprint density at radius 1 is 1.33 bits per heavy atom. The molecule has 2 N–H and O–H groups in total. The van der Waals surface area contributed by atoms with E-state index in [1.54, 1.807) is 12.3 Å². The molecule has 0 radical (unpaired) electrons. The zero-order valence-corrected chi connectivity index (χ0v) is 9.79. The van der Waals surface area contributed by atoms with Crippen LogP contribution in [0.2, 0.25) is 0 Å². The molecule has 18 heavy (non-hydrogen) atoms. The molecule has 0 aromatic carbocycles. The van der Waals surface area contributed by atoms with E-state index < -0.39 is 5.97 Å². The summed E-state index contributed by atoms with van der Waals surface area (Å²) < 4.78 is 0. The van der Waals surface area contributed by atoms with Crippen LogP contribution in [-0.2, 0) is 6.54 Å². The maximum Gasteiger partial charge on any atom is 0.354 e. The second-order valence-electron chi connectivity index (χ2n) is 3.73. The van der Waals surface area contributed by atoms with Crippen LogP contribution in [0.25, 0.3) is 0 Å². The number of nitrogens with zero attached hydrogens (tertiary/aromatic N) is 3. The van der Waals surface area contributed by atoms with Crippen molar-refractivity contribution in [3.63, 3.8) is 0 Å². The summed E-state index contributed by atoms with van der Waals surface area (Å²) in [6.07, 6.45) is 3.20. The molecule has 0 saturated heterocycles. The van der Waals surface area contributed by atoms with E-state index in [1.807, 2.05) is 13.0 Å². The molecule has 2 aromatic rings. The molecule has 0 bridgehead atoms. The van der Waals surface area contributed by atoms with Gasteiger partial charge in [0.15, 0.2) is 0 Å². The molecule has 6 heteroatoms. The number of hydrogen-bond acceptors (Lipinski definition) is 5. The van der Waals surface area contributed by atoms with Crippen LogP contribution < -0.4 is 5.32 Å². The molecule has 0 spiro atoms. The second kappa shape index (κ2) is 5.22. The van der Waals surface area contributed by atoms with Gasteiger partial charge in [-0.2, -0.15) is 0 Å². The number of aryl methyl sites for hydroxylation is 1. The number of nitrogens with one attached hydrogen (secondary N) is 1. The average Bonchev–Trinajstić information content (AvgIpc) is 2.37. The number of anilines is 1. The summed E-state index contributed by atoms with van der Waals surface area (Å²) in [5, 5.41) is 11.8. The molecule has 2 heterocycles. The Labute approximate surface area is 104 Å². The lowest BCUT2D eigenvalue weighted by Crippen LogP contribution is -2.05. The fourth-order valence-electron chi connectivity index (χ4n) is 1.37. The van der Waals surface area contributed by atoms with Crippen LogP contribution in [0.3, 0.4) is 0 Å². The summed E-state index contributed by atoms with van der Waals surface area (Å²) >= 11 is 0. The Hall–Kier alpha value is -2.50. The normalized spacial score (nSPS) is 10.1. The van der Waals surface area contributed by atoms with Gasteiger partial charge in [0.1, 0.15) is 5.69 Å². The minimum atomic E-state index is -1.03. The van der Waals surface area contributed by atoms with Gasteiger partial charge < -0.3 is 10.4 Å². The third-order valence-electron chi connectivity index (χ3n) is 2.29. The molecule has 0 unspecified atom stereocenters. The summed E-state index contributed by atoms with van der Waals surface area (Å²) in [6.45, 7) is 2.38. The van der Waals surface area contributed by atoms with Gasteiger partial charge in [0, 0.05) is 24.6 Å². The van der Waals surface area contributed by atoms with Gasteiger partial charge in [0.2, 0.25) is 5.95 Å². The number of carboxylic acids is 1. The van der Waals surface area contributed by atoms with Gasteiger partial charge in [-0.15, -0.1) is 0 Å². The number of aromatic carboxylic acids is 1. The number of carbonyl (C=O) groups is 1. The average molecular weight is 244 g/mol. The van der Waals surface area contributed by atoms with E-state index in [0.717, 1.165) is 11.3 Å². The van der Waals surface area contributed by atoms with Gasteiger partial charge in [-0.05, 0) is 24.6 Å². The Morgan fingerprint density at radius 3 is 2.78 bits per heavy atom. The highest BCUT2D eigenvalue weighted by atomic mass is 16.4. The van der Waals surface area contributed by atoms with Crippen molar-refractivity contribution in [2.75, 3.05) is 5.32 Å². The Kier molecular flexibility index (Phi) is 3.47. The molecular weight excluding hydrogens is 232 g/mol. The Morgan fingerprint density at radius 2 is 2.17 bits per heavy atom. The molecule has 2 rings (SSSR count). The minimum Gasteiger partial charge on any atom is -0.477 e. The molecule has 0 aliphatic heterocycles. The lowest BCUT2D eigenvalue weighted by Gasteiger charge is -2.05. The van der Waals surface area contributed by atoms with Gasteiger partial charge in [-0.3, -0.25) is 0 Å². The van der Waals surface area contributed by atoms with E-state index in [1.165, 1.54) is 12.3 Å². The third kappa shape index (κ3) is 3.00. The minimum absolute atomic E-state index is 0.0329. The van der Waals surface area contributed by atoms with E-state index in [2.05, 4.69) is 20.3 Å². The summed E-state index contributed by atoms with van der Waals surface area (Å²) in [5.74, 6) is -0.492. The van der Waals surface area contributed by atoms with E-state index in [9.17, 15) is 4.79 Å². The zero-order valence-electron chi connectivity index (χ0n) is 9.79. The molecule has 0 aliphatic rings. The van der Waals surface area contributed by atoms with Crippen molar-refractivity contribution in [3.05, 3.63) is 47.5 Å². The van der Waals surface area contributed by atoms with E-state index in [-0.39, 0.29) is 5.69 Å². The predicted octanol–water partition coefficient (Wildman–Crippen LogP) is 1.49. The quantitative estimate of drug-likeness (QED) is 0.847. The third-order valence-corrected chi connectivity index (χ3v) is 2.29. The standard InChI is InChI=1S/C12H12N4O2/c1-8-4-5-13-12(16-8)15-7-9-2-3-10(11(17)18)14-6-9/h2-6H,7H2,1H3,(H,17,18)(H,13,15,16). The molecule has 0 saturated carbocycles. The van der Waals surface area contributed by atoms with Crippen LogP contribution in [0.4, 0.5) is 5.95 Å². The van der Waals surface area contributed by atoms with Crippen molar-refractivity contribution in [1.82, 2.24) is 15.0 Å². The first-order chi connectivity index (χ1) is 8.65. The van der Waals surface area contributed by atoms with Crippen LogP contribution >= 0.6 is 0 Å². The summed E-state index contributed by atoms with van der Waals surface area (Å²) in [7, 11) is 0. The highest BCUT2D eigenvalue weighted by Crippen LogP contribution is 2.04. The fourth-order valence-corrected chi connectivity index (χ4v) is 1.37. The maximum atomic E-state index is 10.6. The van der Waals surface area contributed by atoms with Crippen molar-refractivity contribution in [2.45, 2.75) is 13.5 Å². The zero-order chi connectivity index (χ0) is 13.0. The van der Waals surface area contributed by atoms with Gasteiger partial charge in [-0.1, -0.05) is 6.07 Å². The second-order valence-corrected chi connectivity index (χ2v) is 3.73. The lowest BCUT2D eigenvalue weighted by molar-refractivity contribution is 0.0690. The number of hydrogen-bond donors (Lipinski definition) is 2. The van der Waals surface area contributed by atoms with Crippen molar-refractivity contribution in [3.8, 4) is 0 Å². The van der Waals surface area contributed by atoms with Crippen LogP contribution in [0.5, 0.6) is 0 Å². The number of carboxylic acid groups (broad SMARTS) is 1. The summed E-state index contributed by atoms with van der Waals surface area (Å²) in [6, 6.07) is 4.99. The van der Waals surface area contributed by atoms with Crippen LogP contribution in [0.15, 0.2) is 30.6 Å². The van der Waals surface area contributed by atoms with Crippen molar-refractivity contribution in [1.29, 1.82) is 0 Å². The number of pyridine rings is 1. The van der Waals surface area contributed by atoms with Gasteiger partial charge in [0.05, 0.1) is 0 Å². The molecule has 0 fully saturated rings. The summed E-state index contributed by atoms with van der Waals surface area (Å²) in [4.78, 5) is 22.7. The van der Waals surface area contributed by atoms with Crippen LogP contribution in [0, 0.1) is 6.92 Å². The van der Waals surface area contributed by atoms with Crippen molar-refractivity contribution in [2.24, 2.45) is 0 Å². The lowest BCUT2D eigenvalue weighted by atomic mass is 10.2. The van der Waals surface area contributed by atoms with E-state index in [0.29, 0.717) is 12.5 Å². The van der Waals surface area contributed by atoms with Crippen LogP contribution in [-0.4, -0.2) is 26.0 Å². The van der Waals surface area contributed by atoms with E-state index >= 15 is 0 Å². The van der Waals surface area contributed by atoms with Gasteiger partial charge in [-0.25, -0.2) is 19.7 Å². The molecule has 92 valence electrons. The van der Waals surface area contributed by atoms with Crippen molar-refractivity contribution >= 4 is 11.9 Å². The monoisotopic (exact) mass is 244 g/mol. The van der Waals surface area contributed by atoms with Gasteiger partial charge >= 0.3 is 5.97 Å². The first-order valence-electron chi connectivity index (χ1n) is 5.37. The van der Waals surface area contributed by atoms with Crippen LogP contribution in [0.1, 0.15) is 21.7 Å². The number of aromatic nitrogens is 3. The topological polar surface area (TPSA) is 88.0 Å². The highest BCUT2D eigenvalue weighted by molar-refractivity contribution is 5.85. The fraction of sp³-hybridized carbons (Fsp3) is 0.167. The first-order valence-corrected chi connectivity index (χ1v) is 5.37. The molecule has 6 nitrogen and oxygen atoms in total. The number of rotatable bonds is 4. The van der Waals surface area contributed by atoms with Gasteiger partial charge in [0.25, 0.3) is 0 Å². The predicted molar refractivity (Wildman–Crippen MR) is 65.3 cm³/mol. The maximum absolute atomic E-state index is 10.6. The van der Waals surface area contributed by atoms with E-state index in [4.69, 9.17) is 5.11 Å². The smallest absolute Gasteiger partial charge is 0.354 e. The van der Waals surface area contributed by atoms with Crippen molar-refractivity contribution < 1.29 is 9.90 Å². The molecule has 2 aromatic heterocycles. The highest BCUT2D eigenvalue weighted by Gasteiger charge is 2.03.